The predicted molar refractivity (Wildman–Crippen MR) is 116 cm³/mol. The molecule has 1 N–H and O–H groups in total. The third-order valence-electron chi connectivity index (χ3n) is 6.58. The Labute approximate surface area is 190 Å². The maximum absolute atomic E-state index is 10.3. The number of benzene rings is 2. The molecule has 8 heteroatoms. The molecule has 0 aliphatic carbocycles. The quantitative estimate of drug-likeness (QED) is 0.687. The summed E-state index contributed by atoms with van der Waals surface area (Å²) >= 11 is 1.56. The Bertz CT molecular complexity index is 1180. The molecule has 2 aromatic rings. The molecule has 0 amide bonds. The summed E-state index contributed by atoms with van der Waals surface area (Å²) in [5.41, 5.74) is -2.67. The van der Waals surface area contributed by atoms with Gasteiger partial charge in [-0.05, 0) is 48.2 Å². The maximum atomic E-state index is 10.3. The molecule has 0 saturated carbocycles. The summed E-state index contributed by atoms with van der Waals surface area (Å²) < 4.78 is 17.7. The molecule has 0 spiro atoms. The van der Waals surface area contributed by atoms with Crippen LogP contribution < -0.4 is 4.74 Å². The smallest absolute Gasteiger partial charge is 0.244 e. The van der Waals surface area contributed by atoms with Gasteiger partial charge in [0.2, 0.25) is 17.1 Å². The van der Waals surface area contributed by atoms with Crippen molar-refractivity contribution in [1.82, 2.24) is 0 Å². The number of hydrogen-bond acceptors (Lipinski definition) is 8. The third-order valence-corrected chi connectivity index (χ3v) is 7.32. The molecule has 4 rings (SSSR count). The van der Waals surface area contributed by atoms with E-state index in [1.807, 2.05) is 18.4 Å². The van der Waals surface area contributed by atoms with E-state index in [2.05, 4.69) is 18.2 Å². The van der Waals surface area contributed by atoms with E-state index >= 15 is 0 Å². The van der Waals surface area contributed by atoms with Crippen LogP contribution in [0.25, 0.3) is 0 Å². The van der Waals surface area contributed by atoms with E-state index in [1.54, 1.807) is 62.2 Å². The summed E-state index contributed by atoms with van der Waals surface area (Å²) in [6, 6.07) is 20.5. The Kier molecular flexibility index (Phi) is 5.13. The number of hydrogen-bond donors (Lipinski definition) is 1. The molecular formula is C24H20N4O3S. The van der Waals surface area contributed by atoms with Crippen LogP contribution in [0.15, 0.2) is 53.4 Å². The molecule has 0 radical (unpaired) electrons. The predicted octanol–water partition coefficient (Wildman–Crippen LogP) is 4.53. The molecule has 2 aliphatic rings. The van der Waals surface area contributed by atoms with E-state index in [0.29, 0.717) is 16.9 Å². The molecule has 2 heterocycles. The minimum atomic E-state index is -1.98. The average molecular weight is 445 g/mol. The summed E-state index contributed by atoms with van der Waals surface area (Å²) in [5, 5.41) is 39.5. The maximum Gasteiger partial charge on any atom is 0.244 e. The van der Waals surface area contributed by atoms with E-state index < -0.39 is 34.5 Å². The van der Waals surface area contributed by atoms with Crippen molar-refractivity contribution >= 4 is 17.7 Å². The number of rotatable bonds is 4. The van der Waals surface area contributed by atoms with Gasteiger partial charge in [0, 0.05) is 10.5 Å². The lowest BCUT2D eigenvalue weighted by molar-refractivity contribution is -0.288. The molecule has 7 nitrogen and oxygen atoms in total. The van der Waals surface area contributed by atoms with Crippen LogP contribution in [-0.2, 0) is 15.3 Å². The fourth-order valence-electron chi connectivity index (χ4n) is 4.77. The fourth-order valence-corrected chi connectivity index (χ4v) is 5.18. The van der Waals surface area contributed by atoms with Gasteiger partial charge in [0.1, 0.15) is 11.9 Å². The molecule has 4 unspecified atom stereocenters. The molecule has 2 saturated heterocycles. The normalized spacial score (nSPS) is 29.8. The van der Waals surface area contributed by atoms with Gasteiger partial charge in [0.15, 0.2) is 5.41 Å². The van der Waals surface area contributed by atoms with Gasteiger partial charge in [-0.2, -0.15) is 15.8 Å². The van der Waals surface area contributed by atoms with Crippen molar-refractivity contribution in [1.29, 1.82) is 21.2 Å². The van der Waals surface area contributed by atoms with Crippen molar-refractivity contribution in [2.45, 2.75) is 23.7 Å². The van der Waals surface area contributed by atoms with Gasteiger partial charge in [-0.3, -0.25) is 5.41 Å². The average Bonchev–Trinajstić information content (AvgIpc) is 3.00. The Hall–Kier alpha value is -3.51. The Morgan fingerprint density at radius 3 is 2.12 bits per heavy atom. The highest BCUT2D eigenvalue weighted by Gasteiger charge is 2.79. The first-order valence-corrected chi connectivity index (χ1v) is 11.1. The van der Waals surface area contributed by atoms with Gasteiger partial charge in [-0.15, -0.1) is 11.8 Å². The lowest BCUT2D eigenvalue weighted by atomic mass is 9.53. The van der Waals surface area contributed by atoms with E-state index in [0.717, 1.165) is 4.90 Å². The highest BCUT2D eigenvalue weighted by molar-refractivity contribution is 7.98. The lowest BCUT2D eigenvalue weighted by Gasteiger charge is -2.48. The molecule has 2 aliphatic heterocycles. The van der Waals surface area contributed by atoms with Crippen LogP contribution >= 0.6 is 11.8 Å². The second-order valence-corrected chi connectivity index (χ2v) is 8.65. The number of nitrogens with zero attached hydrogens (tertiary/aromatic N) is 3. The Morgan fingerprint density at radius 1 is 1.00 bits per heavy atom. The lowest BCUT2D eigenvalue weighted by Crippen LogP contribution is -2.57. The number of methoxy groups -OCH3 is 1. The zero-order valence-electron chi connectivity index (χ0n) is 17.7. The van der Waals surface area contributed by atoms with Crippen molar-refractivity contribution in [2.24, 2.45) is 16.7 Å². The first-order valence-electron chi connectivity index (χ1n) is 9.87. The highest BCUT2D eigenvalue weighted by Crippen LogP contribution is 2.69. The van der Waals surface area contributed by atoms with Crippen LogP contribution in [0.3, 0.4) is 0 Å². The number of nitrogens with one attached hydrogen (secondary N) is 1. The van der Waals surface area contributed by atoms with Crippen LogP contribution in [0.2, 0.25) is 0 Å². The van der Waals surface area contributed by atoms with E-state index in [1.165, 1.54) is 0 Å². The largest absolute Gasteiger partial charge is 0.497 e. The van der Waals surface area contributed by atoms with Crippen LogP contribution in [-0.4, -0.2) is 19.3 Å². The van der Waals surface area contributed by atoms with Crippen molar-refractivity contribution < 1.29 is 14.2 Å². The minimum absolute atomic E-state index is 0.436. The summed E-state index contributed by atoms with van der Waals surface area (Å²) in [7, 11) is 1.55. The molecule has 32 heavy (non-hydrogen) atoms. The summed E-state index contributed by atoms with van der Waals surface area (Å²) in [6.45, 7) is 1.69. The summed E-state index contributed by atoms with van der Waals surface area (Å²) in [6.07, 6.45) is 0.829. The van der Waals surface area contributed by atoms with Crippen molar-refractivity contribution in [3.63, 3.8) is 0 Å². The first-order chi connectivity index (χ1) is 15.4. The number of fused-ring (bicyclic) bond motifs is 2. The van der Waals surface area contributed by atoms with Crippen LogP contribution in [0.4, 0.5) is 0 Å². The second-order valence-electron chi connectivity index (χ2n) is 7.77. The van der Waals surface area contributed by atoms with Gasteiger partial charge in [-0.1, -0.05) is 19.1 Å². The Balaban J connectivity index is 1.98. The van der Waals surface area contributed by atoms with Gasteiger partial charge in [0.05, 0.1) is 31.2 Å². The Morgan fingerprint density at radius 2 is 1.62 bits per heavy atom. The molecular weight excluding hydrogens is 424 g/mol. The topological polar surface area (TPSA) is 123 Å². The number of ether oxygens (including phenoxy) is 3. The fraction of sp³-hybridized carbons (Fsp3) is 0.333. The zero-order valence-corrected chi connectivity index (χ0v) is 18.6. The van der Waals surface area contributed by atoms with Crippen LogP contribution in [0.5, 0.6) is 5.75 Å². The molecule has 160 valence electrons. The zero-order chi connectivity index (χ0) is 23.1. The van der Waals surface area contributed by atoms with Crippen molar-refractivity contribution in [2.75, 3.05) is 13.4 Å². The van der Waals surface area contributed by atoms with Gasteiger partial charge < -0.3 is 14.2 Å². The molecule has 2 bridgehead atoms. The third kappa shape index (κ3) is 2.53. The standard InChI is InChI=1S/C24H20N4O3S/c1-15-23(14-27)21(28)31-24(15,17-6-8-18(29-2)9-7-17)30-20(22(23,12-25)13-26)16-4-10-19(32-3)11-5-16/h4-11,15,20,28H,1-3H3. The number of thioether (sulfide) groups is 1. The van der Waals surface area contributed by atoms with E-state index in [9.17, 15) is 15.8 Å². The molecule has 2 aromatic carbocycles. The van der Waals surface area contributed by atoms with Crippen LogP contribution in [0, 0.1) is 56.2 Å². The van der Waals surface area contributed by atoms with Gasteiger partial charge >= 0.3 is 0 Å². The molecule has 0 aromatic heterocycles. The number of nitriles is 3. The molecule has 2 fully saturated rings. The second kappa shape index (κ2) is 7.57. The summed E-state index contributed by atoms with van der Waals surface area (Å²) in [5.74, 6) is -2.13. The first kappa shape index (κ1) is 21.7. The molecule has 4 atom stereocenters. The van der Waals surface area contributed by atoms with E-state index in [4.69, 9.17) is 19.6 Å². The van der Waals surface area contributed by atoms with Gasteiger partial charge in [0.25, 0.3) is 0 Å². The monoisotopic (exact) mass is 444 g/mol. The van der Waals surface area contributed by atoms with Crippen LogP contribution in [0.1, 0.15) is 24.2 Å². The van der Waals surface area contributed by atoms with E-state index in [-0.39, 0.29) is 0 Å². The SMILES string of the molecule is COc1ccc(C23OC(=N)C(C#N)(C2C)C(C#N)(C#N)C(c2ccc(SC)cc2)O3)cc1. The van der Waals surface area contributed by atoms with Gasteiger partial charge in [-0.25, -0.2) is 0 Å². The summed E-state index contributed by atoms with van der Waals surface area (Å²) in [4.78, 5) is 1.00. The minimum Gasteiger partial charge on any atom is -0.497 e. The highest BCUT2D eigenvalue weighted by atomic mass is 32.2. The van der Waals surface area contributed by atoms with Crippen molar-refractivity contribution in [3.05, 3.63) is 59.7 Å². The van der Waals surface area contributed by atoms with Crippen molar-refractivity contribution in [3.8, 4) is 24.0 Å².